The number of ether oxygens (including phenoxy) is 1. The van der Waals surface area contributed by atoms with Crippen LogP contribution in [0.25, 0.3) is 0 Å². The second-order valence-corrected chi connectivity index (χ2v) is 10.5. The molecule has 0 bridgehead atoms. The van der Waals surface area contributed by atoms with Gasteiger partial charge in [-0.1, -0.05) is 46.8 Å². The number of aliphatic imine (C=N–C) groups is 1. The smallest absolute Gasteiger partial charge is 0.216 e. The minimum Gasteiger partial charge on any atom is -0.475 e. The Balaban J connectivity index is 2.20. The molecule has 0 saturated heterocycles. The predicted molar refractivity (Wildman–Crippen MR) is 99.7 cm³/mol. The van der Waals surface area contributed by atoms with Gasteiger partial charge in [0.1, 0.15) is 6.61 Å². The van der Waals surface area contributed by atoms with Gasteiger partial charge in [0.05, 0.1) is 12.1 Å². The molecule has 1 aliphatic rings. The first-order chi connectivity index (χ1) is 10.7. The van der Waals surface area contributed by atoms with Crippen LogP contribution in [-0.2, 0) is 9.16 Å². The lowest BCUT2D eigenvalue weighted by Gasteiger charge is -2.33. The molecular weight excluding hydrogens is 302 g/mol. The standard InChI is InChI=1S/C19H31NO2Si/c1-13(2)16-12-21-18(20-16)15-10-8-14(9-11-15)17(19(3,4)5)22-23(6)7/h8-11,13,16-17,23H,12H2,1-7H3/t16-,17?/m1/s1. The van der Waals surface area contributed by atoms with Crippen molar-refractivity contribution in [3.8, 4) is 0 Å². The number of nitrogens with zero attached hydrogens (tertiary/aromatic N) is 1. The molecular formula is C19H31NO2Si. The van der Waals surface area contributed by atoms with E-state index in [-0.39, 0.29) is 17.6 Å². The maximum Gasteiger partial charge on any atom is 0.216 e. The molecule has 0 radical (unpaired) electrons. The third kappa shape index (κ3) is 4.67. The van der Waals surface area contributed by atoms with Gasteiger partial charge < -0.3 is 9.16 Å². The second-order valence-electron chi connectivity index (χ2n) is 8.11. The Morgan fingerprint density at radius 2 is 1.78 bits per heavy atom. The van der Waals surface area contributed by atoms with Crippen molar-refractivity contribution in [3.05, 3.63) is 35.4 Å². The van der Waals surface area contributed by atoms with Crippen molar-refractivity contribution >= 4 is 14.9 Å². The fourth-order valence-electron chi connectivity index (χ4n) is 2.74. The summed E-state index contributed by atoms with van der Waals surface area (Å²) in [6.45, 7) is 16.2. The molecule has 3 nitrogen and oxygen atoms in total. The van der Waals surface area contributed by atoms with Crippen molar-refractivity contribution in [2.24, 2.45) is 16.3 Å². The molecule has 0 aliphatic carbocycles. The minimum absolute atomic E-state index is 0.0862. The molecule has 1 aromatic carbocycles. The Kier molecular flexibility index (Phi) is 5.68. The van der Waals surface area contributed by atoms with Crippen molar-refractivity contribution in [2.75, 3.05) is 6.61 Å². The van der Waals surface area contributed by atoms with E-state index in [4.69, 9.17) is 14.2 Å². The van der Waals surface area contributed by atoms with E-state index in [1.165, 1.54) is 5.56 Å². The monoisotopic (exact) mass is 333 g/mol. The summed E-state index contributed by atoms with van der Waals surface area (Å²) in [7, 11) is -1.10. The summed E-state index contributed by atoms with van der Waals surface area (Å²) in [5.74, 6) is 1.29. The van der Waals surface area contributed by atoms with Crippen LogP contribution in [0.15, 0.2) is 29.3 Å². The van der Waals surface area contributed by atoms with Crippen LogP contribution in [0.2, 0.25) is 13.1 Å². The van der Waals surface area contributed by atoms with Gasteiger partial charge in [0.15, 0.2) is 9.04 Å². The zero-order valence-corrected chi connectivity index (χ0v) is 16.7. The van der Waals surface area contributed by atoms with Crippen molar-refractivity contribution < 1.29 is 9.16 Å². The van der Waals surface area contributed by atoms with Gasteiger partial charge in [-0.25, -0.2) is 4.99 Å². The normalized spacial score (nSPS) is 19.9. The first-order valence-electron chi connectivity index (χ1n) is 8.65. The van der Waals surface area contributed by atoms with E-state index >= 15 is 0 Å². The molecule has 2 atom stereocenters. The third-order valence-corrected chi connectivity index (χ3v) is 4.92. The van der Waals surface area contributed by atoms with Crippen LogP contribution in [0.1, 0.15) is 51.8 Å². The van der Waals surface area contributed by atoms with Crippen LogP contribution < -0.4 is 0 Å². The number of hydrogen-bond donors (Lipinski definition) is 0. The Morgan fingerprint density at radius 1 is 1.17 bits per heavy atom. The highest BCUT2D eigenvalue weighted by molar-refractivity contribution is 6.48. The molecule has 0 fully saturated rings. The lowest BCUT2D eigenvalue weighted by molar-refractivity contribution is 0.0866. The Bertz CT molecular complexity index is 543. The van der Waals surface area contributed by atoms with Gasteiger partial charge in [-0.15, -0.1) is 0 Å². The van der Waals surface area contributed by atoms with Crippen LogP contribution in [0.5, 0.6) is 0 Å². The van der Waals surface area contributed by atoms with Gasteiger partial charge in [-0.05, 0) is 42.1 Å². The Morgan fingerprint density at radius 3 is 2.22 bits per heavy atom. The SMILES string of the molecule is CC(C)[C@H]1COC(c2ccc(C(O[SiH](C)C)C(C)(C)C)cc2)=N1. The molecule has 0 spiro atoms. The molecule has 1 unspecified atom stereocenters. The first kappa shape index (κ1) is 18.2. The molecule has 1 aromatic rings. The maximum atomic E-state index is 6.29. The highest BCUT2D eigenvalue weighted by Crippen LogP contribution is 2.36. The maximum absolute atomic E-state index is 6.29. The fourth-order valence-corrected chi connectivity index (χ4v) is 3.85. The molecule has 0 saturated carbocycles. The van der Waals surface area contributed by atoms with Crippen LogP contribution in [0.3, 0.4) is 0 Å². The van der Waals surface area contributed by atoms with Crippen LogP contribution in [0.4, 0.5) is 0 Å². The average molecular weight is 334 g/mol. The lowest BCUT2D eigenvalue weighted by atomic mass is 9.84. The van der Waals surface area contributed by atoms with E-state index in [9.17, 15) is 0 Å². The van der Waals surface area contributed by atoms with E-state index in [2.05, 4.69) is 72.0 Å². The lowest BCUT2D eigenvalue weighted by Crippen LogP contribution is -2.25. The van der Waals surface area contributed by atoms with Crippen molar-refractivity contribution in [1.82, 2.24) is 0 Å². The van der Waals surface area contributed by atoms with Gasteiger partial charge in [0, 0.05) is 5.56 Å². The number of rotatable bonds is 5. The highest BCUT2D eigenvalue weighted by Gasteiger charge is 2.28. The molecule has 23 heavy (non-hydrogen) atoms. The largest absolute Gasteiger partial charge is 0.475 e. The third-order valence-electron chi connectivity index (χ3n) is 4.10. The van der Waals surface area contributed by atoms with Gasteiger partial charge in [0.2, 0.25) is 5.90 Å². The van der Waals surface area contributed by atoms with Crippen LogP contribution in [-0.4, -0.2) is 27.6 Å². The van der Waals surface area contributed by atoms with Crippen molar-refractivity contribution in [3.63, 3.8) is 0 Å². The molecule has 4 heteroatoms. The van der Waals surface area contributed by atoms with Gasteiger partial charge in [-0.3, -0.25) is 0 Å². The Hall–Kier alpha value is -1.13. The quantitative estimate of drug-likeness (QED) is 0.739. The molecule has 128 valence electrons. The zero-order chi connectivity index (χ0) is 17.2. The topological polar surface area (TPSA) is 30.8 Å². The molecule has 2 rings (SSSR count). The predicted octanol–water partition coefficient (Wildman–Crippen LogP) is 4.58. The van der Waals surface area contributed by atoms with E-state index in [0.717, 1.165) is 11.5 Å². The summed E-state index contributed by atoms with van der Waals surface area (Å²) in [6, 6.07) is 8.83. The second kappa shape index (κ2) is 7.18. The summed E-state index contributed by atoms with van der Waals surface area (Å²) in [4.78, 5) is 4.70. The van der Waals surface area contributed by atoms with E-state index in [0.29, 0.717) is 12.5 Å². The zero-order valence-electron chi connectivity index (χ0n) is 15.6. The average Bonchev–Trinajstić information content (AvgIpc) is 2.94. The summed E-state index contributed by atoms with van der Waals surface area (Å²) >= 11 is 0. The van der Waals surface area contributed by atoms with E-state index in [1.807, 2.05) is 0 Å². The van der Waals surface area contributed by atoms with Gasteiger partial charge >= 0.3 is 0 Å². The minimum atomic E-state index is -1.10. The highest BCUT2D eigenvalue weighted by atomic mass is 28.3. The molecule has 0 amide bonds. The van der Waals surface area contributed by atoms with Crippen LogP contribution in [0, 0.1) is 11.3 Å². The first-order valence-corrected chi connectivity index (χ1v) is 11.4. The molecule has 0 aromatic heterocycles. The summed E-state index contributed by atoms with van der Waals surface area (Å²) in [5.41, 5.74) is 2.39. The number of benzene rings is 1. The van der Waals surface area contributed by atoms with Gasteiger partial charge in [0.25, 0.3) is 0 Å². The van der Waals surface area contributed by atoms with Crippen molar-refractivity contribution in [1.29, 1.82) is 0 Å². The molecule has 1 heterocycles. The van der Waals surface area contributed by atoms with Gasteiger partial charge in [-0.2, -0.15) is 0 Å². The summed E-state index contributed by atoms with van der Waals surface area (Å²) < 4.78 is 12.1. The van der Waals surface area contributed by atoms with E-state index in [1.54, 1.807) is 0 Å². The number of hydrogen-bond acceptors (Lipinski definition) is 3. The molecule has 0 N–H and O–H groups in total. The fraction of sp³-hybridized carbons (Fsp3) is 0.632. The summed E-state index contributed by atoms with van der Waals surface area (Å²) in [5, 5.41) is 0. The molecule has 1 aliphatic heterocycles. The van der Waals surface area contributed by atoms with Crippen molar-refractivity contribution in [2.45, 2.75) is 59.9 Å². The van der Waals surface area contributed by atoms with Crippen LogP contribution >= 0.6 is 0 Å². The Labute approximate surface area is 142 Å². The summed E-state index contributed by atoms with van der Waals surface area (Å²) in [6.07, 6.45) is 0.137. The van der Waals surface area contributed by atoms with E-state index < -0.39 is 9.04 Å².